The number of carbonyl (C=O) groups is 1. The molecule has 42 heavy (non-hydrogen) atoms. The van der Waals surface area contributed by atoms with Crippen LogP contribution in [-0.2, 0) is 16.4 Å². The van der Waals surface area contributed by atoms with Crippen molar-refractivity contribution in [3.63, 3.8) is 0 Å². The molecular weight excluding hydrogens is 591 g/mol. The number of halogens is 3. The maximum Gasteiger partial charge on any atom is 0.393 e. The van der Waals surface area contributed by atoms with E-state index < -0.39 is 22.6 Å². The quantitative estimate of drug-likeness (QED) is 0.226. The van der Waals surface area contributed by atoms with Crippen molar-refractivity contribution in [2.45, 2.75) is 37.9 Å². The number of benzene rings is 1. The Hall–Kier alpha value is -3.01. The van der Waals surface area contributed by atoms with Gasteiger partial charge in [-0.3, -0.25) is 4.79 Å². The second-order valence-corrected chi connectivity index (χ2v) is 14.0. The van der Waals surface area contributed by atoms with E-state index in [1.807, 2.05) is 12.1 Å². The number of alkyl halides is 3. The molecule has 1 spiro atoms. The maximum absolute atomic E-state index is 12.9. The molecule has 15 heteroatoms. The SMILES string of the molecule is CS(=O)(=O)NCCNCCNC(=O)c1ccc(NC2CC3(CCN(c4ncnc5sc(CC(F)(F)F)cc45)C3)C2)cc1. The van der Waals surface area contributed by atoms with Gasteiger partial charge in [0.1, 0.15) is 17.0 Å². The first kappa shape index (κ1) is 30.4. The van der Waals surface area contributed by atoms with Crippen LogP contribution in [0.3, 0.4) is 0 Å². The molecule has 0 atom stereocenters. The van der Waals surface area contributed by atoms with Crippen LogP contribution in [0.15, 0.2) is 36.7 Å². The average Bonchev–Trinajstić information content (AvgIpc) is 3.51. The summed E-state index contributed by atoms with van der Waals surface area (Å²) in [4.78, 5) is 24.1. The second kappa shape index (κ2) is 12.3. The molecule has 228 valence electrons. The summed E-state index contributed by atoms with van der Waals surface area (Å²) >= 11 is 1.07. The van der Waals surface area contributed by atoms with Crippen LogP contribution in [0.5, 0.6) is 0 Å². The van der Waals surface area contributed by atoms with Crippen LogP contribution >= 0.6 is 11.3 Å². The lowest BCUT2D eigenvalue weighted by Gasteiger charge is -2.46. The molecule has 2 aliphatic rings. The van der Waals surface area contributed by atoms with E-state index in [-0.39, 0.29) is 22.7 Å². The third-order valence-electron chi connectivity index (χ3n) is 7.60. The molecule has 1 aromatic carbocycles. The topological polar surface area (TPSA) is 128 Å². The number of sulfonamides is 1. The molecule has 1 amide bonds. The van der Waals surface area contributed by atoms with Crippen molar-refractivity contribution in [3.05, 3.63) is 47.1 Å². The number of amides is 1. The van der Waals surface area contributed by atoms with Gasteiger partial charge in [0, 0.05) is 61.4 Å². The molecule has 0 bridgehead atoms. The fourth-order valence-electron chi connectivity index (χ4n) is 5.74. The van der Waals surface area contributed by atoms with Crippen LogP contribution < -0.4 is 25.6 Å². The summed E-state index contributed by atoms with van der Waals surface area (Å²) in [6.45, 7) is 3.31. The number of anilines is 2. The summed E-state index contributed by atoms with van der Waals surface area (Å²) in [5, 5.41) is 10.1. The van der Waals surface area contributed by atoms with Gasteiger partial charge >= 0.3 is 6.18 Å². The van der Waals surface area contributed by atoms with Gasteiger partial charge < -0.3 is 20.9 Å². The Balaban J connectivity index is 1.06. The zero-order chi connectivity index (χ0) is 30.0. The third-order valence-corrected chi connectivity index (χ3v) is 9.37. The number of rotatable bonds is 12. The molecule has 2 fully saturated rings. The molecular formula is C27H34F3N7O3S2. The Kier molecular flexibility index (Phi) is 8.92. The number of fused-ring (bicyclic) bond motifs is 1. The van der Waals surface area contributed by atoms with Gasteiger partial charge in [0.25, 0.3) is 5.91 Å². The van der Waals surface area contributed by atoms with Crippen molar-refractivity contribution in [3.8, 4) is 0 Å². The van der Waals surface area contributed by atoms with E-state index in [4.69, 9.17) is 0 Å². The van der Waals surface area contributed by atoms with Crippen LogP contribution in [-0.4, -0.2) is 82.0 Å². The summed E-state index contributed by atoms with van der Waals surface area (Å²) in [6, 6.07) is 9.23. The number of hydrogen-bond acceptors (Lipinski definition) is 9. The Morgan fingerprint density at radius 2 is 1.86 bits per heavy atom. The van der Waals surface area contributed by atoms with Crippen LogP contribution in [0.25, 0.3) is 10.2 Å². The highest BCUT2D eigenvalue weighted by Gasteiger charge is 2.49. The Morgan fingerprint density at radius 3 is 2.57 bits per heavy atom. The summed E-state index contributed by atoms with van der Waals surface area (Å²) in [6.07, 6.45) is 0.292. The van der Waals surface area contributed by atoms with Crippen molar-refractivity contribution in [2.75, 3.05) is 55.7 Å². The Morgan fingerprint density at radius 1 is 1.12 bits per heavy atom. The van der Waals surface area contributed by atoms with Gasteiger partial charge in [-0.25, -0.2) is 23.1 Å². The molecule has 3 heterocycles. The van der Waals surface area contributed by atoms with Crippen LogP contribution in [0, 0.1) is 5.41 Å². The zero-order valence-electron chi connectivity index (χ0n) is 23.1. The Labute approximate surface area is 246 Å². The molecule has 2 aromatic heterocycles. The molecule has 10 nitrogen and oxygen atoms in total. The minimum absolute atomic E-state index is 0.147. The lowest BCUT2D eigenvalue weighted by atomic mass is 9.65. The lowest BCUT2D eigenvalue weighted by Crippen LogP contribution is -2.46. The number of thiophene rings is 1. The molecule has 1 saturated carbocycles. The molecule has 4 N–H and O–H groups in total. The predicted molar refractivity (Wildman–Crippen MR) is 158 cm³/mol. The predicted octanol–water partition coefficient (Wildman–Crippen LogP) is 3.14. The molecule has 0 unspecified atom stereocenters. The van der Waals surface area contributed by atoms with Crippen molar-refractivity contribution < 1.29 is 26.4 Å². The fourth-order valence-corrected chi connectivity index (χ4v) is 7.23. The number of aromatic nitrogens is 2. The van der Waals surface area contributed by atoms with Gasteiger partial charge in [0.2, 0.25) is 10.0 Å². The standard InChI is InChI=1S/C27H34F3N7O3S2/c1-42(39,40)35-10-8-31-7-9-32-24(38)18-2-4-19(5-3-18)36-20-13-26(14-20)6-11-37(16-26)23-22-12-21(15-27(28,29)30)41-25(22)34-17-33-23/h2-5,12,17,20,31,35-36H,6-11,13-16H2,1H3,(H,32,38). The van der Waals surface area contributed by atoms with Crippen molar-refractivity contribution in [2.24, 2.45) is 5.41 Å². The minimum Gasteiger partial charge on any atom is -0.382 e. The maximum atomic E-state index is 12.9. The normalized spacial score (nSPS) is 20.7. The van der Waals surface area contributed by atoms with Crippen molar-refractivity contribution in [1.29, 1.82) is 0 Å². The number of hydrogen-bond donors (Lipinski definition) is 4. The summed E-state index contributed by atoms with van der Waals surface area (Å²) in [5.41, 5.74) is 1.64. The molecule has 0 radical (unpaired) electrons. The first-order valence-electron chi connectivity index (χ1n) is 13.7. The van der Waals surface area contributed by atoms with E-state index in [2.05, 4.69) is 35.5 Å². The highest BCUT2D eigenvalue weighted by atomic mass is 32.2. The first-order chi connectivity index (χ1) is 19.9. The van der Waals surface area contributed by atoms with Crippen molar-refractivity contribution in [1.82, 2.24) is 25.3 Å². The number of nitrogens with zero attached hydrogens (tertiary/aromatic N) is 3. The number of carbonyl (C=O) groups excluding carboxylic acids is 1. The monoisotopic (exact) mass is 625 g/mol. The largest absolute Gasteiger partial charge is 0.393 e. The van der Waals surface area contributed by atoms with E-state index in [0.29, 0.717) is 47.3 Å². The second-order valence-electron chi connectivity index (χ2n) is 11.1. The van der Waals surface area contributed by atoms with Gasteiger partial charge in [-0.2, -0.15) is 13.2 Å². The Bertz CT molecular complexity index is 1510. The van der Waals surface area contributed by atoms with Gasteiger partial charge in [0.05, 0.1) is 18.1 Å². The van der Waals surface area contributed by atoms with Crippen LogP contribution in [0.1, 0.15) is 34.5 Å². The summed E-state index contributed by atoms with van der Waals surface area (Å²) in [7, 11) is -3.20. The van der Waals surface area contributed by atoms with E-state index in [1.165, 1.54) is 6.33 Å². The molecule has 3 aromatic rings. The van der Waals surface area contributed by atoms with Gasteiger partial charge in [0.15, 0.2) is 0 Å². The average molecular weight is 626 g/mol. The van der Waals surface area contributed by atoms with Crippen LogP contribution in [0.2, 0.25) is 0 Å². The minimum atomic E-state index is -4.26. The highest BCUT2D eigenvalue weighted by molar-refractivity contribution is 7.88. The van der Waals surface area contributed by atoms with Gasteiger partial charge in [-0.15, -0.1) is 11.3 Å². The molecule has 1 saturated heterocycles. The van der Waals surface area contributed by atoms with Gasteiger partial charge in [-0.1, -0.05) is 0 Å². The molecule has 1 aliphatic carbocycles. The van der Waals surface area contributed by atoms with Gasteiger partial charge in [-0.05, 0) is 55.0 Å². The number of nitrogens with one attached hydrogen (secondary N) is 4. The van der Waals surface area contributed by atoms with E-state index in [1.54, 1.807) is 18.2 Å². The third kappa shape index (κ3) is 7.88. The van der Waals surface area contributed by atoms with E-state index in [9.17, 15) is 26.4 Å². The molecule has 5 rings (SSSR count). The first-order valence-corrected chi connectivity index (χ1v) is 16.4. The molecule has 1 aliphatic heterocycles. The zero-order valence-corrected chi connectivity index (χ0v) is 24.8. The van der Waals surface area contributed by atoms with Crippen molar-refractivity contribution >= 4 is 49.0 Å². The van der Waals surface area contributed by atoms with Crippen LogP contribution in [0.4, 0.5) is 24.7 Å². The fraction of sp³-hybridized carbons (Fsp3) is 0.519. The smallest absolute Gasteiger partial charge is 0.382 e. The highest BCUT2D eigenvalue weighted by Crippen LogP contribution is 2.50. The summed E-state index contributed by atoms with van der Waals surface area (Å²) in [5.74, 6) is 0.535. The summed E-state index contributed by atoms with van der Waals surface area (Å²) < 4.78 is 63.2. The van der Waals surface area contributed by atoms with E-state index >= 15 is 0 Å². The van der Waals surface area contributed by atoms with E-state index in [0.717, 1.165) is 55.6 Å². The lowest BCUT2D eigenvalue weighted by molar-refractivity contribution is -0.126.